The molecule has 1 aromatic heterocycles. The van der Waals surface area contributed by atoms with Crippen LogP contribution in [0, 0.1) is 5.41 Å². The molecule has 18 heavy (non-hydrogen) atoms. The molecule has 0 aliphatic heterocycles. The van der Waals surface area contributed by atoms with Gasteiger partial charge in [-0.3, -0.25) is 0 Å². The number of nitrogens with one attached hydrogen (secondary N) is 1. The van der Waals surface area contributed by atoms with Crippen molar-refractivity contribution in [3.05, 3.63) is 22.9 Å². The van der Waals surface area contributed by atoms with E-state index in [4.69, 9.17) is 5.11 Å². The lowest BCUT2D eigenvalue weighted by atomic mass is 10.1. The van der Waals surface area contributed by atoms with E-state index in [1.54, 1.807) is 0 Å². The summed E-state index contributed by atoms with van der Waals surface area (Å²) in [5.41, 5.74) is 1.14. The van der Waals surface area contributed by atoms with Gasteiger partial charge in [-0.05, 0) is 40.9 Å². The van der Waals surface area contributed by atoms with E-state index in [0.29, 0.717) is 6.54 Å². The number of rotatable bonds is 5. The summed E-state index contributed by atoms with van der Waals surface area (Å²) >= 11 is 3.30. The van der Waals surface area contributed by atoms with E-state index in [-0.39, 0.29) is 5.41 Å². The summed E-state index contributed by atoms with van der Waals surface area (Å²) in [5, 5.41) is 11.1. The molecule has 0 unspecified atom stereocenters. The summed E-state index contributed by atoms with van der Waals surface area (Å²) in [4.78, 5) is 16.8. The van der Waals surface area contributed by atoms with Crippen LogP contribution >= 0.6 is 15.9 Å². The predicted molar refractivity (Wildman–Crippen MR) is 72.9 cm³/mol. The summed E-state index contributed by atoms with van der Waals surface area (Å²) in [6, 6.07) is 3.90. The Kier molecular flexibility index (Phi) is 3.75. The Morgan fingerprint density at radius 3 is 2.83 bits per heavy atom. The summed E-state index contributed by atoms with van der Waals surface area (Å²) in [7, 11) is 2.01. The summed E-state index contributed by atoms with van der Waals surface area (Å²) in [6.07, 6.45) is 3.00. The van der Waals surface area contributed by atoms with Gasteiger partial charge in [0.15, 0.2) is 0 Å². The predicted octanol–water partition coefficient (Wildman–Crippen LogP) is 2.33. The number of aromatic nitrogens is 1. The molecule has 1 amide bonds. The topological polar surface area (TPSA) is 65.5 Å². The molecule has 0 bridgehead atoms. The molecule has 2 N–H and O–H groups in total. The van der Waals surface area contributed by atoms with Gasteiger partial charge in [-0.25, -0.2) is 9.78 Å². The van der Waals surface area contributed by atoms with Crippen LogP contribution in [0.5, 0.6) is 0 Å². The van der Waals surface area contributed by atoms with E-state index in [1.807, 2.05) is 25.4 Å². The molecule has 0 atom stereocenters. The van der Waals surface area contributed by atoms with Crippen molar-refractivity contribution in [3.8, 4) is 0 Å². The Balaban J connectivity index is 1.92. The third kappa shape index (κ3) is 3.35. The van der Waals surface area contributed by atoms with Crippen LogP contribution < -0.4 is 10.2 Å². The van der Waals surface area contributed by atoms with Gasteiger partial charge in [-0.2, -0.15) is 0 Å². The molecule has 1 saturated carbocycles. The molecular formula is C12H16BrN3O2. The first-order valence-corrected chi connectivity index (χ1v) is 6.60. The third-order valence-corrected chi connectivity index (χ3v) is 3.77. The zero-order valence-corrected chi connectivity index (χ0v) is 11.8. The van der Waals surface area contributed by atoms with Crippen LogP contribution in [0.4, 0.5) is 10.5 Å². The van der Waals surface area contributed by atoms with Gasteiger partial charge in [0.1, 0.15) is 4.60 Å². The molecule has 5 nitrogen and oxygen atoms in total. The number of pyridine rings is 1. The van der Waals surface area contributed by atoms with E-state index in [1.165, 1.54) is 0 Å². The van der Waals surface area contributed by atoms with Gasteiger partial charge in [0.05, 0.1) is 11.9 Å². The van der Waals surface area contributed by atoms with Crippen LogP contribution in [0.25, 0.3) is 0 Å². The highest BCUT2D eigenvalue weighted by Gasteiger charge is 2.43. The van der Waals surface area contributed by atoms with Crippen molar-refractivity contribution < 1.29 is 9.90 Å². The van der Waals surface area contributed by atoms with Gasteiger partial charge in [-0.15, -0.1) is 0 Å². The maximum atomic E-state index is 10.5. The first kappa shape index (κ1) is 13.1. The lowest BCUT2D eigenvalue weighted by Crippen LogP contribution is -2.36. The average Bonchev–Trinajstić information content (AvgIpc) is 3.08. The standard InChI is InChI=1S/C12H16BrN3O2/c1-16(9-2-3-10(13)14-6-9)8-12(4-5-12)7-15-11(17)18/h2-3,6,15H,4-5,7-8H2,1H3,(H,17,18). The number of hydrogen-bond acceptors (Lipinski definition) is 3. The molecule has 1 aliphatic carbocycles. The molecule has 0 aromatic carbocycles. The number of anilines is 1. The molecule has 1 aliphatic rings. The van der Waals surface area contributed by atoms with Crippen molar-refractivity contribution in [2.45, 2.75) is 12.8 Å². The molecule has 98 valence electrons. The number of nitrogens with zero attached hydrogens (tertiary/aromatic N) is 2. The largest absolute Gasteiger partial charge is 0.465 e. The number of halogens is 1. The fourth-order valence-corrected chi connectivity index (χ4v) is 2.25. The first-order chi connectivity index (χ1) is 8.51. The molecule has 1 heterocycles. The number of carboxylic acid groups (broad SMARTS) is 1. The zero-order valence-electron chi connectivity index (χ0n) is 10.2. The third-order valence-electron chi connectivity index (χ3n) is 3.30. The van der Waals surface area contributed by atoms with E-state index in [2.05, 4.69) is 31.1 Å². The van der Waals surface area contributed by atoms with Gasteiger partial charge in [0.2, 0.25) is 0 Å². The Bertz CT molecular complexity index is 431. The minimum atomic E-state index is -0.950. The van der Waals surface area contributed by atoms with E-state index >= 15 is 0 Å². The van der Waals surface area contributed by atoms with E-state index in [0.717, 1.165) is 29.7 Å². The molecule has 2 rings (SSSR count). The smallest absolute Gasteiger partial charge is 0.404 e. The van der Waals surface area contributed by atoms with Crippen molar-refractivity contribution >= 4 is 27.7 Å². The molecule has 1 aromatic rings. The van der Waals surface area contributed by atoms with Crippen LogP contribution in [0.3, 0.4) is 0 Å². The molecule has 0 spiro atoms. The fraction of sp³-hybridized carbons (Fsp3) is 0.500. The second-order valence-electron chi connectivity index (χ2n) is 4.85. The van der Waals surface area contributed by atoms with Crippen LogP contribution in [-0.2, 0) is 0 Å². The van der Waals surface area contributed by atoms with Crippen molar-refractivity contribution in [1.29, 1.82) is 0 Å². The highest BCUT2D eigenvalue weighted by atomic mass is 79.9. The molecule has 6 heteroatoms. The molecule has 0 radical (unpaired) electrons. The Morgan fingerprint density at radius 2 is 2.33 bits per heavy atom. The lowest BCUT2D eigenvalue weighted by molar-refractivity contribution is 0.191. The van der Waals surface area contributed by atoms with Crippen molar-refractivity contribution in [2.24, 2.45) is 5.41 Å². The van der Waals surface area contributed by atoms with Crippen molar-refractivity contribution in [2.75, 3.05) is 25.0 Å². The van der Waals surface area contributed by atoms with Gasteiger partial charge in [-0.1, -0.05) is 0 Å². The van der Waals surface area contributed by atoms with Crippen molar-refractivity contribution in [1.82, 2.24) is 10.3 Å². The second kappa shape index (κ2) is 5.14. The first-order valence-electron chi connectivity index (χ1n) is 5.80. The SMILES string of the molecule is CN(CC1(CNC(=O)O)CC1)c1ccc(Br)nc1. The summed E-state index contributed by atoms with van der Waals surface area (Å²) in [5.74, 6) is 0. The number of hydrogen-bond donors (Lipinski definition) is 2. The highest BCUT2D eigenvalue weighted by molar-refractivity contribution is 9.10. The maximum absolute atomic E-state index is 10.5. The highest BCUT2D eigenvalue weighted by Crippen LogP contribution is 2.45. The molecule has 1 fully saturated rings. The normalized spacial score (nSPS) is 16.1. The molecular weight excluding hydrogens is 298 g/mol. The number of carbonyl (C=O) groups is 1. The Labute approximate surface area is 114 Å². The molecule has 0 saturated heterocycles. The van der Waals surface area contributed by atoms with E-state index < -0.39 is 6.09 Å². The minimum absolute atomic E-state index is 0.0974. The quantitative estimate of drug-likeness (QED) is 0.819. The minimum Gasteiger partial charge on any atom is -0.465 e. The van der Waals surface area contributed by atoms with Gasteiger partial charge in [0.25, 0.3) is 0 Å². The maximum Gasteiger partial charge on any atom is 0.404 e. The van der Waals surface area contributed by atoms with Crippen LogP contribution in [0.1, 0.15) is 12.8 Å². The summed E-state index contributed by atoms with van der Waals surface area (Å²) < 4.78 is 0.813. The average molecular weight is 314 g/mol. The number of amides is 1. The Morgan fingerprint density at radius 1 is 1.61 bits per heavy atom. The van der Waals surface area contributed by atoms with Crippen LogP contribution in [0.15, 0.2) is 22.9 Å². The van der Waals surface area contributed by atoms with Crippen LogP contribution in [-0.4, -0.2) is 36.3 Å². The monoisotopic (exact) mass is 313 g/mol. The summed E-state index contributed by atoms with van der Waals surface area (Å²) in [6.45, 7) is 1.37. The van der Waals surface area contributed by atoms with E-state index in [9.17, 15) is 4.79 Å². The lowest BCUT2D eigenvalue weighted by Gasteiger charge is -2.25. The van der Waals surface area contributed by atoms with Gasteiger partial charge >= 0.3 is 6.09 Å². The fourth-order valence-electron chi connectivity index (χ4n) is 2.02. The van der Waals surface area contributed by atoms with Crippen molar-refractivity contribution in [3.63, 3.8) is 0 Å². The van der Waals surface area contributed by atoms with Crippen LogP contribution in [0.2, 0.25) is 0 Å². The zero-order chi connectivity index (χ0) is 13.2. The van der Waals surface area contributed by atoms with Gasteiger partial charge < -0.3 is 15.3 Å². The second-order valence-corrected chi connectivity index (χ2v) is 5.67. The Hall–Kier alpha value is -1.30. The van der Waals surface area contributed by atoms with Gasteiger partial charge in [0, 0.05) is 25.6 Å².